The summed E-state index contributed by atoms with van der Waals surface area (Å²) >= 11 is 0. The van der Waals surface area contributed by atoms with E-state index in [1.54, 1.807) is 54.5 Å². The van der Waals surface area contributed by atoms with Gasteiger partial charge in [0.05, 0.1) is 38.7 Å². The van der Waals surface area contributed by atoms with Crippen molar-refractivity contribution in [3.05, 3.63) is 60.1 Å². The first-order valence-corrected chi connectivity index (χ1v) is 10.1. The molecule has 4 rings (SSSR count). The van der Waals surface area contributed by atoms with Gasteiger partial charge in [-0.25, -0.2) is 4.98 Å². The molecule has 166 valence electrons. The third-order valence-electron chi connectivity index (χ3n) is 5.14. The smallest absolute Gasteiger partial charge is 0.278 e. The van der Waals surface area contributed by atoms with E-state index >= 15 is 0 Å². The van der Waals surface area contributed by atoms with Crippen LogP contribution >= 0.6 is 0 Å². The first-order valence-electron chi connectivity index (χ1n) is 10.1. The standard InChI is InChI=1S/C23H23N3O6/c1-29-15-7-8-18(19(13-15)30-2)25-22(27)20-21(32-14-24-20)16-5-3-4-6-17(16)23(28)26-9-11-31-12-10-26/h3-8,13-14H,9-12H2,1-2H3,(H,25,27). The zero-order chi connectivity index (χ0) is 22.5. The Hall–Kier alpha value is -3.85. The van der Waals surface area contributed by atoms with Crippen LogP contribution < -0.4 is 14.8 Å². The lowest BCUT2D eigenvalue weighted by molar-refractivity contribution is 0.0303. The van der Waals surface area contributed by atoms with E-state index < -0.39 is 5.91 Å². The van der Waals surface area contributed by atoms with Gasteiger partial charge in [-0.3, -0.25) is 9.59 Å². The average Bonchev–Trinajstić information content (AvgIpc) is 3.34. The normalized spacial score (nSPS) is 13.5. The lowest BCUT2D eigenvalue weighted by Gasteiger charge is -2.27. The molecule has 0 atom stereocenters. The van der Waals surface area contributed by atoms with E-state index in [2.05, 4.69) is 10.3 Å². The molecule has 3 aromatic rings. The molecule has 32 heavy (non-hydrogen) atoms. The highest BCUT2D eigenvalue weighted by atomic mass is 16.5. The Bertz CT molecular complexity index is 1120. The summed E-state index contributed by atoms with van der Waals surface area (Å²) in [5, 5.41) is 2.78. The maximum absolute atomic E-state index is 13.1. The minimum absolute atomic E-state index is 0.0603. The number of hydrogen-bond acceptors (Lipinski definition) is 7. The van der Waals surface area contributed by atoms with Crippen molar-refractivity contribution in [2.24, 2.45) is 0 Å². The quantitative estimate of drug-likeness (QED) is 0.632. The number of benzene rings is 2. The van der Waals surface area contributed by atoms with Gasteiger partial charge in [-0.05, 0) is 18.2 Å². The first-order chi connectivity index (χ1) is 15.6. The summed E-state index contributed by atoms with van der Waals surface area (Å²) in [6.07, 6.45) is 1.19. The minimum Gasteiger partial charge on any atom is -0.497 e. The molecular formula is C23H23N3O6. The molecule has 0 radical (unpaired) electrons. The molecule has 9 heteroatoms. The number of nitrogens with one attached hydrogen (secondary N) is 1. The van der Waals surface area contributed by atoms with E-state index in [0.29, 0.717) is 54.6 Å². The van der Waals surface area contributed by atoms with Crippen LogP contribution in [0.15, 0.2) is 53.3 Å². The number of carbonyl (C=O) groups excluding carboxylic acids is 2. The number of anilines is 1. The molecule has 0 spiro atoms. The lowest BCUT2D eigenvalue weighted by Crippen LogP contribution is -2.40. The van der Waals surface area contributed by atoms with E-state index in [-0.39, 0.29) is 17.4 Å². The molecule has 2 amide bonds. The number of carbonyl (C=O) groups is 2. The Balaban J connectivity index is 1.63. The maximum atomic E-state index is 13.1. The Morgan fingerprint density at radius 2 is 1.84 bits per heavy atom. The Labute approximate surface area is 184 Å². The fourth-order valence-electron chi connectivity index (χ4n) is 3.49. The maximum Gasteiger partial charge on any atom is 0.278 e. The third kappa shape index (κ3) is 4.28. The topological polar surface area (TPSA) is 103 Å². The molecule has 9 nitrogen and oxygen atoms in total. The molecule has 1 fully saturated rings. The van der Waals surface area contributed by atoms with Crippen molar-refractivity contribution in [2.75, 3.05) is 45.8 Å². The van der Waals surface area contributed by atoms with Gasteiger partial charge in [0.1, 0.15) is 11.5 Å². The highest BCUT2D eigenvalue weighted by Crippen LogP contribution is 2.32. The number of rotatable bonds is 6. The van der Waals surface area contributed by atoms with Gasteiger partial charge in [0.15, 0.2) is 17.8 Å². The summed E-state index contributed by atoms with van der Waals surface area (Å²) in [6.45, 7) is 2.00. The van der Waals surface area contributed by atoms with Gasteiger partial charge in [-0.1, -0.05) is 18.2 Å². The molecule has 2 aromatic carbocycles. The molecule has 1 N–H and O–H groups in total. The zero-order valence-corrected chi connectivity index (χ0v) is 17.8. The highest BCUT2D eigenvalue weighted by Gasteiger charge is 2.26. The Morgan fingerprint density at radius 1 is 1.06 bits per heavy atom. The monoisotopic (exact) mass is 437 g/mol. The van der Waals surface area contributed by atoms with Crippen molar-refractivity contribution in [3.8, 4) is 22.8 Å². The van der Waals surface area contributed by atoms with Crippen molar-refractivity contribution < 1.29 is 28.2 Å². The molecule has 0 bridgehead atoms. The van der Waals surface area contributed by atoms with Crippen LogP contribution in [0.4, 0.5) is 5.69 Å². The molecule has 1 aromatic heterocycles. The zero-order valence-electron chi connectivity index (χ0n) is 17.8. The molecular weight excluding hydrogens is 414 g/mol. The van der Waals surface area contributed by atoms with Gasteiger partial charge < -0.3 is 28.8 Å². The van der Waals surface area contributed by atoms with Crippen molar-refractivity contribution >= 4 is 17.5 Å². The number of nitrogens with zero attached hydrogens (tertiary/aromatic N) is 2. The van der Waals surface area contributed by atoms with E-state index in [4.69, 9.17) is 18.6 Å². The molecule has 0 aliphatic carbocycles. The van der Waals surface area contributed by atoms with Crippen molar-refractivity contribution in [3.63, 3.8) is 0 Å². The van der Waals surface area contributed by atoms with E-state index in [1.807, 2.05) is 0 Å². The fourth-order valence-corrected chi connectivity index (χ4v) is 3.49. The van der Waals surface area contributed by atoms with Crippen molar-refractivity contribution in [2.45, 2.75) is 0 Å². The average molecular weight is 437 g/mol. The van der Waals surface area contributed by atoms with Crippen LogP contribution in [0.25, 0.3) is 11.3 Å². The van der Waals surface area contributed by atoms with Crippen LogP contribution in [-0.4, -0.2) is 62.2 Å². The Morgan fingerprint density at radius 3 is 2.59 bits per heavy atom. The van der Waals surface area contributed by atoms with Gasteiger partial charge in [0.2, 0.25) is 0 Å². The summed E-state index contributed by atoms with van der Waals surface area (Å²) in [5.41, 5.74) is 1.44. The van der Waals surface area contributed by atoms with Crippen LogP contribution in [0.2, 0.25) is 0 Å². The molecule has 1 aliphatic rings. The summed E-state index contributed by atoms with van der Waals surface area (Å²) < 4.78 is 21.4. The number of oxazole rings is 1. The second-order valence-electron chi connectivity index (χ2n) is 7.00. The minimum atomic E-state index is -0.495. The molecule has 0 unspecified atom stereocenters. The Kier molecular flexibility index (Phi) is 6.37. The summed E-state index contributed by atoms with van der Waals surface area (Å²) in [5.74, 6) is 0.602. The predicted molar refractivity (Wildman–Crippen MR) is 116 cm³/mol. The summed E-state index contributed by atoms with van der Waals surface area (Å²) in [7, 11) is 3.05. The number of amides is 2. The number of ether oxygens (including phenoxy) is 3. The van der Waals surface area contributed by atoms with Crippen LogP contribution in [0.1, 0.15) is 20.8 Å². The molecule has 1 aliphatic heterocycles. The molecule has 0 saturated carbocycles. The van der Waals surface area contributed by atoms with Gasteiger partial charge in [-0.2, -0.15) is 0 Å². The predicted octanol–water partition coefficient (Wildman–Crippen LogP) is 3.08. The molecule has 1 saturated heterocycles. The van der Waals surface area contributed by atoms with E-state index in [1.165, 1.54) is 13.5 Å². The van der Waals surface area contributed by atoms with Crippen molar-refractivity contribution in [1.82, 2.24) is 9.88 Å². The van der Waals surface area contributed by atoms with E-state index in [9.17, 15) is 9.59 Å². The second-order valence-corrected chi connectivity index (χ2v) is 7.00. The van der Waals surface area contributed by atoms with Crippen LogP contribution in [0.5, 0.6) is 11.5 Å². The van der Waals surface area contributed by atoms with Gasteiger partial charge in [0.25, 0.3) is 11.8 Å². The molecule has 2 heterocycles. The third-order valence-corrected chi connectivity index (χ3v) is 5.14. The van der Waals surface area contributed by atoms with E-state index in [0.717, 1.165) is 0 Å². The second kappa shape index (κ2) is 9.52. The number of morpholine rings is 1. The highest BCUT2D eigenvalue weighted by molar-refractivity contribution is 6.09. The van der Waals surface area contributed by atoms with Crippen LogP contribution in [-0.2, 0) is 4.74 Å². The summed E-state index contributed by atoms with van der Waals surface area (Å²) in [6, 6.07) is 12.0. The lowest BCUT2D eigenvalue weighted by atomic mass is 10.0. The largest absolute Gasteiger partial charge is 0.497 e. The van der Waals surface area contributed by atoms with Gasteiger partial charge in [0, 0.05) is 24.7 Å². The van der Waals surface area contributed by atoms with Crippen molar-refractivity contribution in [1.29, 1.82) is 0 Å². The first kappa shape index (κ1) is 21.4. The fraction of sp³-hybridized carbons (Fsp3) is 0.261. The van der Waals surface area contributed by atoms with Gasteiger partial charge >= 0.3 is 0 Å². The number of methoxy groups -OCH3 is 2. The number of aromatic nitrogens is 1. The SMILES string of the molecule is COc1ccc(NC(=O)c2ncoc2-c2ccccc2C(=O)N2CCOCC2)c(OC)c1. The number of hydrogen-bond donors (Lipinski definition) is 1. The van der Waals surface area contributed by atoms with Crippen LogP contribution in [0, 0.1) is 0 Å². The summed E-state index contributed by atoms with van der Waals surface area (Å²) in [4.78, 5) is 32.0. The van der Waals surface area contributed by atoms with Gasteiger partial charge in [-0.15, -0.1) is 0 Å². The van der Waals surface area contributed by atoms with Crippen LogP contribution in [0.3, 0.4) is 0 Å².